The van der Waals surface area contributed by atoms with E-state index in [1.165, 1.54) is 5.56 Å². The monoisotopic (exact) mass is 401 g/mol. The number of amides is 1. The topological polar surface area (TPSA) is 48.0 Å². The van der Waals surface area contributed by atoms with Crippen LogP contribution in [-0.2, 0) is 19.4 Å². The van der Waals surface area contributed by atoms with E-state index in [1.807, 2.05) is 59.5 Å². The van der Waals surface area contributed by atoms with Gasteiger partial charge in [0.05, 0.1) is 6.61 Å². The highest BCUT2D eigenvalue weighted by Gasteiger charge is 2.21. The summed E-state index contributed by atoms with van der Waals surface area (Å²) < 4.78 is 16.5. The molecule has 0 N–H and O–H groups in total. The van der Waals surface area contributed by atoms with Gasteiger partial charge in [-0.15, -0.1) is 0 Å². The quantitative estimate of drug-likeness (QED) is 0.620. The Balaban J connectivity index is 1.39. The Hall–Kier alpha value is -3.47. The summed E-state index contributed by atoms with van der Waals surface area (Å²) in [6.07, 6.45) is 1.65. The molecule has 2 heterocycles. The van der Waals surface area contributed by atoms with Gasteiger partial charge >= 0.3 is 0 Å². The van der Waals surface area contributed by atoms with Crippen LogP contribution in [0, 0.1) is 0 Å². The van der Waals surface area contributed by atoms with Crippen molar-refractivity contribution in [1.82, 2.24) is 4.90 Å². The lowest BCUT2D eigenvalue weighted by Gasteiger charge is -2.23. The van der Waals surface area contributed by atoms with Gasteiger partial charge in [0.25, 0.3) is 5.91 Å². The van der Waals surface area contributed by atoms with Crippen molar-refractivity contribution in [2.24, 2.45) is 0 Å². The van der Waals surface area contributed by atoms with Crippen LogP contribution in [0.5, 0.6) is 17.2 Å². The molecule has 0 radical (unpaired) electrons. The second-order valence-electron chi connectivity index (χ2n) is 7.57. The lowest BCUT2D eigenvalue weighted by atomic mass is 10.1. The van der Waals surface area contributed by atoms with Crippen molar-refractivity contribution in [3.05, 3.63) is 89.0 Å². The van der Waals surface area contributed by atoms with Crippen LogP contribution in [0.15, 0.2) is 66.7 Å². The highest BCUT2D eigenvalue weighted by atomic mass is 16.7. The Kier molecular flexibility index (Phi) is 5.01. The summed E-state index contributed by atoms with van der Waals surface area (Å²) in [7, 11) is 0. The molecule has 5 heteroatoms. The number of rotatable bonds is 6. The number of hydrogen-bond donors (Lipinski definition) is 0. The SMILES string of the molecule is O=C(c1ccc2c(c1)CCO2)N(CCc1ccccc1)Cc1ccc2c(c1)OCO2. The molecule has 2 aliphatic heterocycles. The Morgan fingerprint density at radius 2 is 1.67 bits per heavy atom. The molecule has 0 saturated heterocycles. The molecular weight excluding hydrogens is 378 g/mol. The number of ether oxygens (including phenoxy) is 3. The van der Waals surface area contributed by atoms with E-state index in [-0.39, 0.29) is 12.7 Å². The highest BCUT2D eigenvalue weighted by Crippen LogP contribution is 2.33. The van der Waals surface area contributed by atoms with Gasteiger partial charge in [-0.05, 0) is 53.4 Å². The molecule has 152 valence electrons. The first-order chi connectivity index (χ1) is 14.8. The molecule has 0 aliphatic carbocycles. The lowest BCUT2D eigenvalue weighted by molar-refractivity contribution is 0.0745. The van der Waals surface area contributed by atoms with Crippen molar-refractivity contribution in [1.29, 1.82) is 0 Å². The van der Waals surface area contributed by atoms with Crippen LogP contribution in [0.4, 0.5) is 0 Å². The Bertz CT molecular complexity index is 1060. The first-order valence-electron chi connectivity index (χ1n) is 10.2. The Labute approximate surface area is 175 Å². The predicted molar refractivity (Wildman–Crippen MR) is 113 cm³/mol. The van der Waals surface area contributed by atoms with E-state index in [0.29, 0.717) is 25.3 Å². The second kappa shape index (κ2) is 8.11. The summed E-state index contributed by atoms with van der Waals surface area (Å²) in [6.45, 7) is 2.06. The van der Waals surface area contributed by atoms with Crippen LogP contribution in [-0.4, -0.2) is 30.8 Å². The molecule has 0 saturated carbocycles. The van der Waals surface area contributed by atoms with Crippen molar-refractivity contribution in [2.45, 2.75) is 19.4 Å². The van der Waals surface area contributed by atoms with E-state index >= 15 is 0 Å². The maximum absolute atomic E-state index is 13.4. The largest absolute Gasteiger partial charge is 0.493 e. The molecule has 0 aromatic heterocycles. The van der Waals surface area contributed by atoms with Gasteiger partial charge < -0.3 is 19.1 Å². The molecule has 0 atom stereocenters. The van der Waals surface area contributed by atoms with Crippen LogP contribution in [0.25, 0.3) is 0 Å². The first kappa shape index (κ1) is 18.6. The minimum atomic E-state index is 0.0262. The van der Waals surface area contributed by atoms with Gasteiger partial charge in [0.2, 0.25) is 6.79 Å². The average molecular weight is 401 g/mol. The number of carbonyl (C=O) groups is 1. The minimum absolute atomic E-state index is 0.0262. The summed E-state index contributed by atoms with van der Waals surface area (Å²) in [5.41, 5.74) is 4.04. The second-order valence-corrected chi connectivity index (χ2v) is 7.57. The van der Waals surface area contributed by atoms with Crippen LogP contribution in [0.2, 0.25) is 0 Å². The highest BCUT2D eigenvalue weighted by molar-refractivity contribution is 5.94. The molecule has 0 unspecified atom stereocenters. The Morgan fingerprint density at radius 1 is 0.833 bits per heavy atom. The summed E-state index contributed by atoms with van der Waals surface area (Å²) >= 11 is 0. The van der Waals surface area contributed by atoms with E-state index in [0.717, 1.165) is 41.2 Å². The van der Waals surface area contributed by atoms with Gasteiger partial charge in [-0.3, -0.25) is 4.79 Å². The van der Waals surface area contributed by atoms with Gasteiger partial charge in [0.1, 0.15) is 5.75 Å². The van der Waals surface area contributed by atoms with Crippen molar-refractivity contribution in [3.63, 3.8) is 0 Å². The lowest BCUT2D eigenvalue weighted by Crippen LogP contribution is -2.32. The molecule has 3 aromatic rings. The maximum Gasteiger partial charge on any atom is 0.254 e. The molecule has 0 fully saturated rings. The normalized spacial score (nSPS) is 13.6. The van der Waals surface area contributed by atoms with Gasteiger partial charge in [-0.2, -0.15) is 0 Å². The van der Waals surface area contributed by atoms with E-state index in [9.17, 15) is 4.79 Å². The zero-order valence-corrected chi connectivity index (χ0v) is 16.7. The number of hydrogen-bond acceptors (Lipinski definition) is 4. The molecule has 0 spiro atoms. The number of nitrogens with zero attached hydrogens (tertiary/aromatic N) is 1. The van der Waals surface area contributed by atoms with Crippen molar-refractivity contribution < 1.29 is 19.0 Å². The van der Waals surface area contributed by atoms with E-state index in [4.69, 9.17) is 14.2 Å². The maximum atomic E-state index is 13.4. The summed E-state index contributed by atoms with van der Waals surface area (Å²) in [5.74, 6) is 2.40. The van der Waals surface area contributed by atoms with Gasteiger partial charge in [0, 0.05) is 25.1 Å². The molecule has 0 bridgehead atoms. The molecule has 1 amide bonds. The van der Waals surface area contributed by atoms with Crippen molar-refractivity contribution in [3.8, 4) is 17.2 Å². The summed E-state index contributed by atoms with van der Waals surface area (Å²) in [4.78, 5) is 15.3. The molecule has 5 rings (SSSR count). The number of carbonyl (C=O) groups excluding carboxylic acids is 1. The zero-order chi connectivity index (χ0) is 20.3. The summed E-state index contributed by atoms with van der Waals surface area (Å²) in [5, 5.41) is 0. The molecule has 30 heavy (non-hydrogen) atoms. The fraction of sp³-hybridized carbons (Fsp3) is 0.240. The number of fused-ring (bicyclic) bond motifs is 2. The zero-order valence-electron chi connectivity index (χ0n) is 16.7. The smallest absolute Gasteiger partial charge is 0.254 e. The summed E-state index contributed by atoms with van der Waals surface area (Å²) in [6, 6.07) is 21.9. The van der Waals surface area contributed by atoms with E-state index < -0.39 is 0 Å². The first-order valence-corrected chi connectivity index (χ1v) is 10.2. The minimum Gasteiger partial charge on any atom is -0.493 e. The number of benzene rings is 3. The molecule has 5 nitrogen and oxygen atoms in total. The fourth-order valence-electron chi connectivity index (χ4n) is 3.92. The third-order valence-electron chi connectivity index (χ3n) is 5.55. The van der Waals surface area contributed by atoms with E-state index in [2.05, 4.69) is 12.1 Å². The third kappa shape index (κ3) is 3.83. The Morgan fingerprint density at radius 3 is 2.57 bits per heavy atom. The van der Waals surface area contributed by atoms with Gasteiger partial charge in [-0.25, -0.2) is 0 Å². The van der Waals surface area contributed by atoms with Crippen LogP contribution in [0.3, 0.4) is 0 Å². The van der Waals surface area contributed by atoms with Crippen LogP contribution >= 0.6 is 0 Å². The standard InChI is InChI=1S/C25H23NO4/c27-25(21-7-9-22-20(15-21)11-13-28-22)26(12-10-18-4-2-1-3-5-18)16-19-6-8-23-24(14-19)30-17-29-23/h1-9,14-15H,10-13,16-17H2. The molecule has 3 aromatic carbocycles. The fourth-order valence-corrected chi connectivity index (χ4v) is 3.92. The average Bonchev–Trinajstić information content (AvgIpc) is 3.45. The molecule has 2 aliphatic rings. The molecular formula is C25H23NO4. The van der Waals surface area contributed by atoms with Crippen LogP contribution in [0.1, 0.15) is 27.0 Å². The van der Waals surface area contributed by atoms with Gasteiger partial charge in [0.15, 0.2) is 11.5 Å². The third-order valence-corrected chi connectivity index (χ3v) is 5.55. The van der Waals surface area contributed by atoms with Gasteiger partial charge in [-0.1, -0.05) is 36.4 Å². The van der Waals surface area contributed by atoms with Crippen molar-refractivity contribution in [2.75, 3.05) is 19.9 Å². The predicted octanol–water partition coefficient (Wildman–Crippen LogP) is 4.24. The van der Waals surface area contributed by atoms with E-state index in [1.54, 1.807) is 0 Å². The van der Waals surface area contributed by atoms with Crippen molar-refractivity contribution >= 4 is 5.91 Å². The van der Waals surface area contributed by atoms with Crippen LogP contribution < -0.4 is 14.2 Å².